The highest BCUT2D eigenvalue weighted by atomic mass is 15.1. The van der Waals surface area contributed by atoms with Crippen LogP contribution in [0.3, 0.4) is 0 Å². The second-order valence-corrected chi connectivity index (χ2v) is 5.69. The number of hydrogen-bond acceptors (Lipinski definition) is 2. The van der Waals surface area contributed by atoms with Gasteiger partial charge in [0.15, 0.2) is 0 Å². The first-order valence-electron chi connectivity index (χ1n) is 6.70. The first-order chi connectivity index (χ1) is 7.28. The summed E-state index contributed by atoms with van der Waals surface area (Å²) in [4.78, 5) is 2.66. The summed E-state index contributed by atoms with van der Waals surface area (Å²) in [5.41, 5.74) is 6.43. The quantitative estimate of drug-likeness (QED) is 0.771. The number of rotatable bonds is 4. The Bertz CT molecular complexity index is 185. The van der Waals surface area contributed by atoms with E-state index in [1.54, 1.807) is 0 Å². The highest BCUT2D eigenvalue weighted by Gasteiger charge is 2.37. The van der Waals surface area contributed by atoms with E-state index in [1.807, 2.05) is 0 Å². The maximum Gasteiger partial charge on any atom is 0.00501 e. The first-order valence-corrected chi connectivity index (χ1v) is 6.70. The van der Waals surface area contributed by atoms with Gasteiger partial charge in [-0.05, 0) is 56.7 Å². The van der Waals surface area contributed by atoms with Gasteiger partial charge in [0.1, 0.15) is 0 Å². The lowest BCUT2D eigenvalue weighted by Gasteiger charge is -2.46. The molecule has 1 aliphatic carbocycles. The average Bonchev–Trinajstić information content (AvgIpc) is 2.24. The van der Waals surface area contributed by atoms with Gasteiger partial charge in [-0.3, -0.25) is 0 Å². The van der Waals surface area contributed by atoms with Crippen LogP contribution in [0, 0.1) is 11.3 Å². The molecule has 2 nitrogen and oxygen atoms in total. The molecule has 0 radical (unpaired) electrons. The Balaban J connectivity index is 1.76. The van der Waals surface area contributed by atoms with Gasteiger partial charge in [-0.25, -0.2) is 0 Å². The molecule has 1 aliphatic heterocycles. The fourth-order valence-electron chi connectivity index (χ4n) is 3.13. The summed E-state index contributed by atoms with van der Waals surface area (Å²) in [5.74, 6) is 0.997. The zero-order valence-corrected chi connectivity index (χ0v) is 10.2. The molecular weight excluding hydrogens is 184 g/mol. The van der Waals surface area contributed by atoms with Crippen molar-refractivity contribution in [1.82, 2.24) is 4.90 Å². The van der Waals surface area contributed by atoms with Gasteiger partial charge < -0.3 is 10.6 Å². The van der Waals surface area contributed by atoms with Gasteiger partial charge in [0.05, 0.1) is 0 Å². The summed E-state index contributed by atoms with van der Waals surface area (Å²) in [7, 11) is 0. The van der Waals surface area contributed by atoms with E-state index in [9.17, 15) is 0 Å². The predicted molar refractivity (Wildman–Crippen MR) is 64.8 cm³/mol. The highest BCUT2D eigenvalue weighted by molar-refractivity contribution is 4.92. The third kappa shape index (κ3) is 2.54. The van der Waals surface area contributed by atoms with Crippen molar-refractivity contribution in [3.8, 4) is 0 Å². The van der Waals surface area contributed by atoms with Gasteiger partial charge in [0.25, 0.3) is 0 Å². The summed E-state index contributed by atoms with van der Waals surface area (Å²) in [5, 5.41) is 0. The molecule has 1 saturated heterocycles. The van der Waals surface area contributed by atoms with E-state index in [1.165, 1.54) is 58.2 Å². The van der Waals surface area contributed by atoms with Gasteiger partial charge >= 0.3 is 0 Å². The lowest BCUT2D eigenvalue weighted by atomic mass is 9.68. The second kappa shape index (κ2) is 4.84. The maximum absolute atomic E-state index is 5.91. The minimum Gasteiger partial charge on any atom is -0.330 e. The van der Waals surface area contributed by atoms with Crippen molar-refractivity contribution in [2.24, 2.45) is 17.1 Å². The van der Waals surface area contributed by atoms with Crippen molar-refractivity contribution in [3.05, 3.63) is 0 Å². The van der Waals surface area contributed by atoms with E-state index in [-0.39, 0.29) is 0 Å². The van der Waals surface area contributed by atoms with Crippen LogP contribution in [0.1, 0.15) is 45.4 Å². The Labute approximate surface area is 94.2 Å². The fourth-order valence-corrected chi connectivity index (χ4v) is 3.13. The van der Waals surface area contributed by atoms with Gasteiger partial charge in [-0.1, -0.05) is 19.8 Å². The van der Waals surface area contributed by atoms with Crippen LogP contribution in [-0.4, -0.2) is 31.1 Å². The summed E-state index contributed by atoms with van der Waals surface area (Å²) in [6.45, 7) is 7.15. The Morgan fingerprint density at radius 2 is 1.93 bits per heavy atom. The molecule has 1 heterocycles. The molecule has 2 rings (SSSR count). The van der Waals surface area contributed by atoms with Crippen molar-refractivity contribution >= 4 is 0 Å². The summed E-state index contributed by atoms with van der Waals surface area (Å²) in [6.07, 6.45) is 8.35. The van der Waals surface area contributed by atoms with E-state index in [0.29, 0.717) is 5.41 Å². The molecule has 0 unspecified atom stereocenters. The van der Waals surface area contributed by atoms with Crippen LogP contribution >= 0.6 is 0 Å². The normalized spacial score (nSPS) is 27.6. The standard InChI is InChI=1S/C13H26N2/c1-2-12-4-8-15(9-5-12)11-13(10-14)6-3-7-13/h12H,2-11,14H2,1H3. The molecule has 0 amide bonds. The molecule has 0 aromatic carbocycles. The number of piperidine rings is 1. The van der Waals surface area contributed by atoms with E-state index in [2.05, 4.69) is 11.8 Å². The molecule has 0 aromatic rings. The van der Waals surface area contributed by atoms with E-state index in [4.69, 9.17) is 5.73 Å². The van der Waals surface area contributed by atoms with Crippen LogP contribution < -0.4 is 5.73 Å². The molecule has 0 aromatic heterocycles. The molecule has 2 aliphatic rings. The topological polar surface area (TPSA) is 29.3 Å². The third-order valence-electron chi connectivity index (χ3n) is 4.69. The van der Waals surface area contributed by atoms with E-state index >= 15 is 0 Å². The van der Waals surface area contributed by atoms with Gasteiger partial charge in [-0.15, -0.1) is 0 Å². The molecule has 1 saturated carbocycles. The van der Waals surface area contributed by atoms with Crippen LogP contribution in [0.5, 0.6) is 0 Å². The summed E-state index contributed by atoms with van der Waals surface area (Å²) in [6, 6.07) is 0. The minimum atomic E-state index is 0.513. The van der Waals surface area contributed by atoms with Crippen molar-refractivity contribution in [2.45, 2.75) is 45.4 Å². The molecule has 2 fully saturated rings. The van der Waals surface area contributed by atoms with E-state index in [0.717, 1.165) is 12.5 Å². The van der Waals surface area contributed by atoms with Crippen LogP contribution in [-0.2, 0) is 0 Å². The molecule has 88 valence electrons. The van der Waals surface area contributed by atoms with Crippen molar-refractivity contribution in [2.75, 3.05) is 26.2 Å². The number of hydrogen-bond donors (Lipinski definition) is 1. The van der Waals surface area contributed by atoms with Crippen molar-refractivity contribution in [3.63, 3.8) is 0 Å². The van der Waals surface area contributed by atoms with E-state index < -0.39 is 0 Å². The van der Waals surface area contributed by atoms with Crippen LogP contribution in [0.4, 0.5) is 0 Å². The summed E-state index contributed by atoms with van der Waals surface area (Å²) < 4.78 is 0. The van der Waals surface area contributed by atoms with Gasteiger partial charge in [0, 0.05) is 6.54 Å². The Kier molecular flexibility index (Phi) is 3.68. The highest BCUT2D eigenvalue weighted by Crippen LogP contribution is 2.41. The molecular formula is C13H26N2. The zero-order chi connectivity index (χ0) is 10.7. The lowest BCUT2D eigenvalue weighted by molar-refractivity contribution is 0.0550. The molecule has 2 N–H and O–H groups in total. The number of nitrogens with zero attached hydrogens (tertiary/aromatic N) is 1. The van der Waals surface area contributed by atoms with Crippen LogP contribution in [0.15, 0.2) is 0 Å². The first kappa shape index (κ1) is 11.4. The number of likely N-dealkylation sites (tertiary alicyclic amines) is 1. The molecule has 0 spiro atoms. The van der Waals surface area contributed by atoms with Crippen LogP contribution in [0.2, 0.25) is 0 Å². The maximum atomic E-state index is 5.91. The summed E-state index contributed by atoms with van der Waals surface area (Å²) >= 11 is 0. The lowest BCUT2D eigenvalue weighted by Crippen LogP contribution is -2.49. The SMILES string of the molecule is CCC1CCN(CC2(CN)CCC2)CC1. The minimum absolute atomic E-state index is 0.513. The Morgan fingerprint density at radius 3 is 2.33 bits per heavy atom. The van der Waals surface area contributed by atoms with Gasteiger partial charge in [-0.2, -0.15) is 0 Å². The molecule has 2 heteroatoms. The molecule has 15 heavy (non-hydrogen) atoms. The third-order valence-corrected chi connectivity index (χ3v) is 4.69. The predicted octanol–water partition coefficient (Wildman–Crippen LogP) is 2.24. The zero-order valence-electron chi connectivity index (χ0n) is 10.2. The second-order valence-electron chi connectivity index (χ2n) is 5.69. The van der Waals surface area contributed by atoms with Crippen LogP contribution in [0.25, 0.3) is 0 Å². The largest absolute Gasteiger partial charge is 0.330 e. The smallest absolute Gasteiger partial charge is 0.00501 e. The fraction of sp³-hybridized carbons (Fsp3) is 1.00. The monoisotopic (exact) mass is 210 g/mol. The molecule has 0 bridgehead atoms. The molecule has 0 atom stereocenters. The average molecular weight is 210 g/mol. The van der Waals surface area contributed by atoms with Crippen molar-refractivity contribution < 1.29 is 0 Å². The Morgan fingerprint density at radius 1 is 1.27 bits per heavy atom. The Hall–Kier alpha value is -0.0800. The van der Waals surface area contributed by atoms with Gasteiger partial charge in [0.2, 0.25) is 0 Å². The number of nitrogens with two attached hydrogens (primary N) is 1. The van der Waals surface area contributed by atoms with Crippen molar-refractivity contribution in [1.29, 1.82) is 0 Å².